The van der Waals surface area contributed by atoms with Gasteiger partial charge in [-0.15, -0.1) is 6.58 Å². The third-order valence-corrected chi connectivity index (χ3v) is 2.78. The highest BCUT2D eigenvalue weighted by atomic mass is 16.7. The van der Waals surface area contributed by atoms with Gasteiger partial charge in [0, 0.05) is 19.6 Å². The molecule has 1 unspecified atom stereocenters. The standard InChI is InChI=1S/C12H24O3/c1-7-12(4,13)9-8-11(2,3)10(14-5)15-6/h7,10,13H,1,8-9H2,2-6H3. The van der Waals surface area contributed by atoms with Crippen LogP contribution in [0.25, 0.3) is 0 Å². The van der Waals surface area contributed by atoms with E-state index in [9.17, 15) is 5.11 Å². The lowest BCUT2D eigenvalue weighted by Gasteiger charge is -2.34. The van der Waals surface area contributed by atoms with E-state index in [1.165, 1.54) is 0 Å². The topological polar surface area (TPSA) is 38.7 Å². The Morgan fingerprint density at radius 3 is 2.00 bits per heavy atom. The molecule has 0 saturated carbocycles. The van der Waals surface area contributed by atoms with E-state index < -0.39 is 5.60 Å². The number of methoxy groups -OCH3 is 2. The fourth-order valence-electron chi connectivity index (χ4n) is 1.53. The van der Waals surface area contributed by atoms with Crippen LogP contribution in [-0.2, 0) is 9.47 Å². The SMILES string of the molecule is C=CC(C)(O)CCC(C)(C)C(OC)OC. The van der Waals surface area contributed by atoms with Crippen molar-refractivity contribution in [3.63, 3.8) is 0 Å². The first kappa shape index (κ1) is 14.6. The number of rotatable bonds is 7. The van der Waals surface area contributed by atoms with E-state index in [0.29, 0.717) is 6.42 Å². The second-order valence-corrected chi connectivity index (χ2v) is 4.85. The largest absolute Gasteiger partial charge is 0.386 e. The Hall–Kier alpha value is -0.380. The Morgan fingerprint density at radius 2 is 1.67 bits per heavy atom. The van der Waals surface area contributed by atoms with Crippen molar-refractivity contribution >= 4 is 0 Å². The van der Waals surface area contributed by atoms with Gasteiger partial charge in [0.25, 0.3) is 0 Å². The van der Waals surface area contributed by atoms with Crippen LogP contribution in [0.2, 0.25) is 0 Å². The molecule has 0 aromatic rings. The summed E-state index contributed by atoms with van der Waals surface area (Å²) in [5, 5.41) is 9.81. The predicted octanol–water partition coefficient (Wildman–Crippen LogP) is 2.35. The van der Waals surface area contributed by atoms with Crippen LogP contribution in [-0.4, -0.2) is 31.2 Å². The van der Waals surface area contributed by atoms with E-state index >= 15 is 0 Å². The van der Waals surface area contributed by atoms with Gasteiger partial charge in [-0.1, -0.05) is 19.9 Å². The summed E-state index contributed by atoms with van der Waals surface area (Å²) in [5.41, 5.74) is -0.945. The summed E-state index contributed by atoms with van der Waals surface area (Å²) in [7, 11) is 3.25. The Labute approximate surface area is 93.1 Å². The zero-order chi connectivity index (χ0) is 12.1. The minimum Gasteiger partial charge on any atom is -0.386 e. The molecule has 0 aliphatic heterocycles. The van der Waals surface area contributed by atoms with Crippen molar-refractivity contribution in [2.75, 3.05) is 14.2 Å². The summed E-state index contributed by atoms with van der Waals surface area (Å²) >= 11 is 0. The smallest absolute Gasteiger partial charge is 0.161 e. The molecule has 0 radical (unpaired) electrons. The van der Waals surface area contributed by atoms with Crippen LogP contribution in [0.1, 0.15) is 33.6 Å². The molecule has 0 heterocycles. The normalized spacial score (nSPS) is 16.5. The average molecular weight is 216 g/mol. The number of ether oxygens (including phenoxy) is 2. The lowest BCUT2D eigenvalue weighted by molar-refractivity contribution is -0.171. The van der Waals surface area contributed by atoms with E-state index in [-0.39, 0.29) is 11.7 Å². The second kappa shape index (κ2) is 5.64. The van der Waals surface area contributed by atoms with Gasteiger partial charge in [0.05, 0.1) is 5.60 Å². The molecule has 3 heteroatoms. The highest BCUT2D eigenvalue weighted by molar-refractivity contribution is 4.93. The van der Waals surface area contributed by atoms with Crippen LogP contribution in [0.15, 0.2) is 12.7 Å². The molecule has 0 amide bonds. The van der Waals surface area contributed by atoms with Crippen LogP contribution < -0.4 is 0 Å². The van der Waals surface area contributed by atoms with Crippen molar-refractivity contribution in [1.82, 2.24) is 0 Å². The first-order chi connectivity index (χ1) is 6.79. The van der Waals surface area contributed by atoms with E-state index in [0.717, 1.165) is 6.42 Å². The first-order valence-electron chi connectivity index (χ1n) is 5.20. The Bertz CT molecular complexity index is 193. The third-order valence-electron chi connectivity index (χ3n) is 2.78. The molecule has 3 nitrogen and oxygen atoms in total. The van der Waals surface area contributed by atoms with Crippen LogP contribution in [0, 0.1) is 5.41 Å². The summed E-state index contributed by atoms with van der Waals surface area (Å²) in [5.74, 6) is 0. The van der Waals surface area contributed by atoms with Gasteiger partial charge in [-0.05, 0) is 19.8 Å². The van der Waals surface area contributed by atoms with E-state index in [1.807, 2.05) is 0 Å². The molecule has 0 aliphatic carbocycles. The van der Waals surface area contributed by atoms with Gasteiger partial charge in [0.15, 0.2) is 6.29 Å². The van der Waals surface area contributed by atoms with E-state index in [1.54, 1.807) is 27.2 Å². The Morgan fingerprint density at radius 1 is 1.20 bits per heavy atom. The maximum absolute atomic E-state index is 9.81. The van der Waals surface area contributed by atoms with Crippen LogP contribution >= 0.6 is 0 Å². The molecule has 0 fully saturated rings. The summed E-state index contributed by atoms with van der Waals surface area (Å²) in [6.07, 6.45) is 2.76. The number of aliphatic hydroxyl groups is 1. The predicted molar refractivity (Wildman–Crippen MR) is 61.6 cm³/mol. The van der Waals surface area contributed by atoms with Gasteiger partial charge in [-0.25, -0.2) is 0 Å². The molecule has 0 spiro atoms. The molecule has 0 saturated heterocycles. The highest BCUT2D eigenvalue weighted by Crippen LogP contribution is 2.32. The van der Waals surface area contributed by atoms with Crippen molar-refractivity contribution in [3.8, 4) is 0 Å². The maximum atomic E-state index is 9.81. The van der Waals surface area contributed by atoms with Gasteiger partial charge in [0.2, 0.25) is 0 Å². The van der Waals surface area contributed by atoms with Crippen LogP contribution in [0.5, 0.6) is 0 Å². The Kier molecular flexibility index (Phi) is 5.49. The quantitative estimate of drug-likeness (QED) is 0.524. The van der Waals surface area contributed by atoms with Crippen molar-refractivity contribution < 1.29 is 14.6 Å². The molecule has 90 valence electrons. The lowest BCUT2D eigenvalue weighted by atomic mass is 9.83. The number of hydrogen-bond donors (Lipinski definition) is 1. The fraction of sp³-hybridized carbons (Fsp3) is 0.833. The lowest BCUT2D eigenvalue weighted by Crippen LogP contribution is -2.35. The zero-order valence-corrected chi connectivity index (χ0v) is 10.5. The van der Waals surface area contributed by atoms with Gasteiger partial charge in [-0.2, -0.15) is 0 Å². The van der Waals surface area contributed by atoms with Gasteiger partial charge >= 0.3 is 0 Å². The molecular formula is C12H24O3. The molecule has 1 atom stereocenters. The first-order valence-corrected chi connectivity index (χ1v) is 5.20. The fourth-order valence-corrected chi connectivity index (χ4v) is 1.53. The van der Waals surface area contributed by atoms with Gasteiger partial charge in [0.1, 0.15) is 0 Å². The molecule has 0 aliphatic rings. The van der Waals surface area contributed by atoms with Crippen molar-refractivity contribution in [2.24, 2.45) is 5.41 Å². The Balaban J connectivity index is 4.31. The van der Waals surface area contributed by atoms with Crippen molar-refractivity contribution in [3.05, 3.63) is 12.7 Å². The molecular weight excluding hydrogens is 192 g/mol. The molecule has 1 N–H and O–H groups in total. The molecule has 15 heavy (non-hydrogen) atoms. The monoisotopic (exact) mass is 216 g/mol. The third kappa shape index (κ3) is 4.78. The van der Waals surface area contributed by atoms with E-state index in [2.05, 4.69) is 20.4 Å². The van der Waals surface area contributed by atoms with Crippen LogP contribution in [0.3, 0.4) is 0 Å². The summed E-state index contributed by atoms with van der Waals surface area (Å²) in [6, 6.07) is 0. The number of hydrogen-bond acceptors (Lipinski definition) is 3. The highest BCUT2D eigenvalue weighted by Gasteiger charge is 2.31. The van der Waals surface area contributed by atoms with Gasteiger partial charge < -0.3 is 14.6 Å². The molecule has 0 bridgehead atoms. The van der Waals surface area contributed by atoms with Gasteiger partial charge in [-0.3, -0.25) is 0 Å². The summed E-state index contributed by atoms with van der Waals surface area (Å²) < 4.78 is 10.5. The average Bonchev–Trinajstić information content (AvgIpc) is 2.17. The summed E-state index contributed by atoms with van der Waals surface area (Å²) in [4.78, 5) is 0. The van der Waals surface area contributed by atoms with E-state index in [4.69, 9.17) is 9.47 Å². The second-order valence-electron chi connectivity index (χ2n) is 4.85. The summed E-state index contributed by atoms with van der Waals surface area (Å²) in [6.45, 7) is 9.48. The molecule has 0 aromatic carbocycles. The minimum absolute atomic E-state index is 0.128. The minimum atomic E-state index is -0.816. The zero-order valence-electron chi connectivity index (χ0n) is 10.5. The van der Waals surface area contributed by atoms with Crippen molar-refractivity contribution in [1.29, 1.82) is 0 Å². The van der Waals surface area contributed by atoms with Crippen molar-refractivity contribution in [2.45, 2.75) is 45.5 Å². The maximum Gasteiger partial charge on any atom is 0.161 e. The van der Waals surface area contributed by atoms with Crippen LogP contribution in [0.4, 0.5) is 0 Å². The molecule has 0 aromatic heterocycles. The molecule has 0 rings (SSSR count).